The molecule has 0 aliphatic heterocycles. The van der Waals surface area contributed by atoms with Crippen molar-refractivity contribution >= 4 is 5.84 Å². The van der Waals surface area contributed by atoms with E-state index >= 15 is 0 Å². The number of nitrogens with two attached hydrogens (primary N) is 1. The van der Waals surface area contributed by atoms with E-state index in [0.29, 0.717) is 0 Å². The van der Waals surface area contributed by atoms with Crippen LogP contribution in [-0.4, -0.2) is 29.1 Å². The highest BCUT2D eigenvalue weighted by Gasteiger charge is 2.22. The van der Waals surface area contributed by atoms with Crippen molar-refractivity contribution in [2.75, 3.05) is 13.1 Å². The van der Waals surface area contributed by atoms with Crippen molar-refractivity contribution in [3.63, 3.8) is 0 Å². The second-order valence-electron chi connectivity index (χ2n) is 4.97. The Kier molecular flexibility index (Phi) is 5.58. The van der Waals surface area contributed by atoms with Gasteiger partial charge in [0.25, 0.3) is 0 Å². The molecular formula is C13H22N4O. The Balaban J connectivity index is 2.20. The lowest BCUT2D eigenvalue weighted by atomic mass is 9.88. The molecule has 0 radical (unpaired) electrons. The minimum atomic E-state index is -0.279. The van der Waals surface area contributed by atoms with Crippen LogP contribution in [0.4, 0.5) is 0 Å². The number of rotatable bonds is 7. The lowest BCUT2D eigenvalue weighted by Crippen LogP contribution is -2.35. The first kappa shape index (κ1) is 14.4. The summed E-state index contributed by atoms with van der Waals surface area (Å²) in [4.78, 5) is 3.98. The van der Waals surface area contributed by atoms with Crippen molar-refractivity contribution < 1.29 is 5.21 Å². The third kappa shape index (κ3) is 4.71. The molecule has 0 aliphatic carbocycles. The highest BCUT2D eigenvalue weighted by Crippen LogP contribution is 2.19. The van der Waals surface area contributed by atoms with Gasteiger partial charge in [-0.2, -0.15) is 0 Å². The molecule has 0 saturated carbocycles. The van der Waals surface area contributed by atoms with Gasteiger partial charge in [-0.3, -0.25) is 4.98 Å². The maximum atomic E-state index is 8.66. The topological polar surface area (TPSA) is 83.5 Å². The number of nitrogens with one attached hydrogen (secondary N) is 1. The van der Waals surface area contributed by atoms with Crippen molar-refractivity contribution in [1.82, 2.24) is 10.3 Å². The van der Waals surface area contributed by atoms with Crippen LogP contribution in [0.15, 0.2) is 29.7 Å². The van der Waals surface area contributed by atoms with E-state index in [2.05, 4.69) is 15.5 Å². The van der Waals surface area contributed by atoms with Gasteiger partial charge in [0.2, 0.25) is 0 Å². The Bertz CT molecular complexity index is 376. The molecule has 4 N–H and O–H groups in total. The van der Waals surface area contributed by atoms with E-state index in [-0.39, 0.29) is 11.3 Å². The predicted molar refractivity (Wildman–Crippen MR) is 72.6 cm³/mol. The third-order valence-electron chi connectivity index (χ3n) is 3.07. The van der Waals surface area contributed by atoms with Crippen LogP contribution in [0.3, 0.4) is 0 Å². The molecule has 0 unspecified atom stereocenters. The van der Waals surface area contributed by atoms with E-state index in [0.717, 1.165) is 25.9 Å². The number of oxime groups is 1. The average molecular weight is 250 g/mol. The quantitative estimate of drug-likeness (QED) is 0.224. The molecular weight excluding hydrogens is 228 g/mol. The van der Waals surface area contributed by atoms with Gasteiger partial charge in [-0.25, -0.2) is 0 Å². The Morgan fingerprint density at radius 2 is 2.06 bits per heavy atom. The van der Waals surface area contributed by atoms with Crippen molar-refractivity contribution in [2.45, 2.75) is 26.7 Å². The predicted octanol–water partition coefficient (Wildman–Crippen LogP) is 1.38. The van der Waals surface area contributed by atoms with E-state index in [1.807, 2.05) is 26.0 Å². The van der Waals surface area contributed by atoms with Crippen LogP contribution in [0, 0.1) is 5.41 Å². The Morgan fingerprint density at radius 3 is 2.67 bits per heavy atom. The van der Waals surface area contributed by atoms with E-state index in [9.17, 15) is 0 Å². The summed E-state index contributed by atoms with van der Waals surface area (Å²) in [5, 5.41) is 15.1. The van der Waals surface area contributed by atoms with Gasteiger partial charge in [-0.05, 0) is 43.6 Å². The second-order valence-corrected chi connectivity index (χ2v) is 4.97. The lowest BCUT2D eigenvalue weighted by molar-refractivity contribution is 0.305. The van der Waals surface area contributed by atoms with Crippen LogP contribution in [0.25, 0.3) is 0 Å². The average Bonchev–Trinajstić information content (AvgIpc) is 2.38. The largest absolute Gasteiger partial charge is 0.409 e. The van der Waals surface area contributed by atoms with Crippen molar-refractivity contribution in [2.24, 2.45) is 16.3 Å². The molecule has 5 heteroatoms. The molecule has 0 aromatic carbocycles. The zero-order valence-electron chi connectivity index (χ0n) is 11.1. The molecule has 0 spiro atoms. The third-order valence-corrected chi connectivity index (χ3v) is 3.07. The van der Waals surface area contributed by atoms with E-state index in [4.69, 9.17) is 10.9 Å². The zero-order chi connectivity index (χ0) is 13.4. The molecule has 100 valence electrons. The summed E-state index contributed by atoms with van der Waals surface area (Å²) in [5.41, 5.74) is 6.61. The molecule has 18 heavy (non-hydrogen) atoms. The maximum Gasteiger partial charge on any atom is 0.144 e. The number of aromatic nitrogens is 1. The summed E-state index contributed by atoms with van der Waals surface area (Å²) >= 11 is 0. The zero-order valence-corrected chi connectivity index (χ0v) is 11.1. The molecule has 0 fully saturated rings. The fourth-order valence-corrected chi connectivity index (χ4v) is 1.57. The second kappa shape index (κ2) is 6.96. The molecule has 1 aromatic rings. The minimum Gasteiger partial charge on any atom is -0.409 e. The highest BCUT2D eigenvalue weighted by atomic mass is 16.4. The SMILES string of the molecule is CC(C)(CCNCCc1ccncc1)C(N)=NO. The Hall–Kier alpha value is -1.62. The maximum absolute atomic E-state index is 8.66. The number of hydrogen-bond donors (Lipinski definition) is 3. The normalized spacial score (nSPS) is 12.7. The molecule has 1 rings (SSSR count). The number of amidine groups is 1. The first-order chi connectivity index (χ1) is 8.56. The van der Waals surface area contributed by atoms with E-state index in [1.54, 1.807) is 12.4 Å². The molecule has 1 aromatic heterocycles. The lowest BCUT2D eigenvalue weighted by Gasteiger charge is -2.22. The molecule has 0 bridgehead atoms. The summed E-state index contributed by atoms with van der Waals surface area (Å²) in [5.74, 6) is 0.276. The van der Waals surface area contributed by atoms with Crippen molar-refractivity contribution in [3.05, 3.63) is 30.1 Å². The van der Waals surface area contributed by atoms with Gasteiger partial charge in [0, 0.05) is 17.8 Å². The standard InChI is InChI=1S/C13H22N4O/c1-13(2,12(14)17-18)6-10-16-9-5-11-3-7-15-8-4-11/h3-4,7-8,16,18H,5-6,9-10H2,1-2H3,(H2,14,17). The van der Waals surface area contributed by atoms with Gasteiger partial charge in [0.05, 0.1) is 0 Å². The molecule has 0 saturated heterocycles. The highest BCUT2D eigenvalue weighted by molar-refractivity contribution is 5.85. The van der Waals surface area contributed by atoms with Crippen LogP contribution in [0.5, 0.6) is 0 Å². The number of hydrogen-bond acceptors (Lipinski definition) is 4. The summed E-state index contributed by atoms with van der Waals surface area (Å²) in [6.07, 6.45) is 5.42. The van der Waals surface area contributed by atoms with Gasteiger partial charge in [-0.1, -0.05) is 19.0 Å². The molecule has 0 amide bonds. The first-order valence-corrected chi connectivity index (χ1v) is 6.14. The minimum absolute atomic E-state index is 0.276. The number of nitrogens with zero attached hydrogens (tertiary/aromatic N) is 2. The van der Waals surface area contributed by atoms with Crippen LogP contribution in [0.1, 0.15) is 25.8 Å². The van der Waals surface area contributed by atoms with Gasteiger partial charge in [0.1, 0.15) is 5.84 Å². The van der Waals surface area contributed by atoms with Crippen LogP contribution in [0.2, 0.25) is 0 Å². The van der Waals surface area contributed by atoms with Crippen LogP contribution >= 0.6 is 0 Å². The van der Waals surface area contributed by atoms with Gasteiger partial charge >= 0.3 is 0 Å². The summed E-state index contributed by atoms with van der Waals surface area (Å²) < 4.78 is 0. The Labute approximate surface area is 108 Å². The molecule has 0 aliphatic rings. The van der Waals surface area contributed by atoms with Crippen LogP contribution < -0.4 is 11.1 Å². The first-order valence-electron chi connectivity index (χ1n) is 6.14. The number of pyridine rings is 1. The van der Waals surface area contributed by atoms with Crippen LogP contribution in [-0.2, 0) is 6.42 Å². The molecule has 5 nitrogen and oxygen atoms in total. The van der Waals surface area contributed by atoms with E-state index in [1.165, 1.54) is 5.56 Å². The van der Waals surface area contributed by atoms with Gasteiger partial charge in [-0.15, -0.1) is 0 Å². The van der Waals surface area contributed by atoms with Gasteiger partial charge < -0.3 is 16.3 Å². The van der Waals surface area contributed by atoms with Gasteiger partial charge in [0.15, 0.2) is 0 Å². The van der Waals surface area contributed by atoms with Crippen molar-refractivity contribution in [1.29, 1.82) is 0 Å². The smallest absolute Gasteiger partial charge is 0.144 e. The summed E-state index contributed by atoms with van der Waals surface area (Å²) in [7, 11) is 0. The summed E-state index contributed by atoms with van der Waals surface area (Å²) in [6, 6.07) is 4.03. The van der Waals surface area contributed by atoms with E-state index < -0.39 is 0 Å². The summed E-state index contributed by atoms with van der Waals surface area (Å²) in [6.45, 7) is 5.68. The Morgan fingerprint density at radius 1 is 1.39 bits per heavy atom. The van der Waals surface area contributed by atoms with Crippen molar-refractivity contribution in [3.8, 4) is 0 Å². The monoisotopic (exact) mass is 250 g/mol. The fourth-order valence-electron chi connectivity index (χ4n) is 1.57. The molecule has 0 atom stereocenters. The molecule has 1 heterocycles. The fraction of sp³-hybridized carbons (Fsp3) is 0.538.